The highest BCUT2D eigenvalue weighted by molar-refractivity contribution is 5.73. The summed E-state index contributed by atoms with van der Waals surface area (Å²) in [5.41, 5.74) is 5.27. The summed E-state index contributed by atoms with van der Waals surface area (Å²) in [6, 6.07) is 0. The van der Waals surface area contributed by atoms with E-state index in [1.54, 1.807) is 0 Å². The van der Waals surface area contributed by atoms with E-state index in [0.29, 0.717) is 6.42 Å². The van der Waals surface area contributed by atoms with E-state index in [9.17, 15) is 4.79 Å². The molecule has 46 valence electrons. The Morgan fingerprint density at radius 1 is 1.88 bits per heavy atom. The van der Waals surface area contributed by atoms with Crippen LogP contribution in [0.25, 0.3) is 0 Å². The third-order valence-corrected chi connectivity index (χ3v) is 1.26. The van der Waals surface area contributed by atoms with Crippen LogP contribution in [0, 0.1) is 5.92 Å². The molecule has 3 nitrogen and oxygen atoms in total. The quantitative estimate of drug-likeness (QED) is 0.447. The first-order valence-corrected chi connectivity index (χ1v) is 2.66. The monoisotopic (exact) mass is 115 g/mol. The Kier molecular flexibility index (Phi) is 1.21. The molecule has 0 radical (unpaired) electrons. The Labute approximate surface area is 47.8 Å². The van der Waals surface area contributed by atoms with E-state index < -0.39 is 0 Å². The van der Waals surface area contributed by atoms with E-state index in [2.05, 4.69) is 4.74 Å². The van der Waals surface area contributed by atoms with Crippen molar-refractivity contribution in [3.63, 3.8) is 0 Å². The summed E-state index contributed by atoms with van der Waals surface area (Å²) < 4.78 is 4.61. The molecule has 1 rings (SSSR count). The van der Waals surface area contributed by atoms with E-state index in [4.69, 9.17) is 5.73 Å². The molecule has 0 aliphatic carbocycles. The largest absolute Gasteiger partial charge is 0.447 e. The summed E-state index contributed by atoms with van der Waals surface area (Å²) in [7, 11) is 0. The molecule has 8 heavy (non-hydrogen) atoms. The summed E-state index contributed by atoms with van der Waals surface area (Å²) in [5, 5.41) is 0. The summed E-state index contributed by atoms with van der Waals surface area (Å²) >= 11 is 0. The second-order valence-electron chi connectivity index (χ2n) is 2.11. The summed E-state index contributed by atoms with van der Waals surface area (Å²) in [5.74, 6) is -0.164. The minimum atomic E-state index is -0.350. The fourth-order valence-electron chi connectivity index (χ4n) is 0.758. The van der Waals surface area contributed by atoms with Crippen molar-refractivity contribution < 1.29 is 9.53 Å². The zero-order valence-corrected chi connectivity index (χ0v) is 4.76. The number of ether oxygens (including phenoxy) is 1. The second kappa shape index (κ2) is 1.74. The Bertz CT molecular complexity index is 113. The van der Waals surface area contributed by atoms with Crippen molar-refractivity contribution in [2.45, 2.75) is 19.6 Å². The molecule has 1 saturated heterocycles. The van der Waals surface area contributed by atoms with Gasteiger partial charge >= 0.3 is 5.97 Å². The fourth-order valence-corrected chi connectivity index (χ4v) is 0.758. The van der Waals surface area contributed by atoms with Crippen molar-refractivity contribution >= 4 is 5.97 Å². The smallest absolute Gasteiger partial charge is 0.310 e. The molecule has 1 aliphatic heterocycles. The molecule has 3 heteroatoms. The molecule has 0 aromatic heterocycles. The highest BCUT2D eigenvalue weighted by atomic mass is 16.6. The normalized spacial score (nSPS) is 37.5. The molecule has 1 fully saturated rings. The SMILES string of the molecule is CC1CC(N)OC1=O. The van der Waals surface area contributed by atoms with E-state index in [0.717, 1.165) is 0 Å². The van der Waals surface area contributed by atoms with Gasteiger partial charge in [0, 0.05) is 6.42 Å². The maximum Gasteiger partial charge on any atom is 0.310 e. The van der Waals surface area contributed by atoms with E-state index in [-0.39, 0.29) is 18.1 Å². The summed E-state index contributed by atoms with van der Waals surface area (Å²) in [6.45, 7) is 1.81. The molecule has 0 amide bonds. The molecule has 0 aromatic rings. The van der Waals surface area contributed by atoms with Crippen LogP contribution in [0.4, 0.5) is 0 Å². The third-order valence-electron chi connectivity index (χ3n) is 1.26. The standard InChI is InChI=1S/C5H9NO2/c1-3-2-4(6)8-5(3)7/h3-4H,2,6H2,1H3. The number of nitrogens with two attached hydrogens (primary N) is 1. The first kappa shape index (κ1) is 5.56. The van der Waals surface area contributed by atoms with Gasteiger partial charge in [-0.1, -0.05) is 6.92 Å². The van der Waals surface area contributed by atoms with Crippen molar-refractivity contribution in [3.8, 4) is 0 Å². The Balaban J connectivity index is 2.51. The Morgan fingerprint density at radius 3 is 2.62 bits per heavy atom. The van der Waals surface area contributed by atoms with E-state index in [1.165, 1.54) is 0 Å². The van der Waals surface area contributed by atoms with E-state index in [1.807, 2.05) is 6.92 Å². The lowest BCUT2D eigenvalue weighted by Crippen LogP contribution is -2.17. The third kappa shape index (κ3) is 0.816. The Morgan fingerprint density at radius 2 is 2.50 bits per heavy atom. The van der Waals surface area contributed by atoms with Crippen LogP contribution >= 0.6 is 0 Å². The van der Waals surface area contributed by atoms with Gasteiger partial charge in [0.1, 0.15) is 0 Å². The molecule has 0 bridgehead atoms. The number of esters is 1. The number of carbonyl (C=O) groups excluding carboxylic acids is 1. The van der Waals surface area contributed by atoms with Gasteiger partial charge in [0.05, 0.1) is 5.92 Å². The molecule has 0 spiro atoms. The van der Waals surface area contributed by atoms with E-state index >= 15 is 0 Å². The van der Waals surface area contributed by atoms with Gasteiger partial charge in [-0.2, -0.15) is 0 Å². The van der Waals surface area contributed by atoms with Gasteiger partial charge in [0.25, 0.3) is 0 Å². The van der Waals surface area contributed by atoms with Crippen LogP contribution in [0.5, 0.6) is 0 Å². The lowest BCUT2D eigenvalue weighted by atomic mass is 10.1. The van der Waals surface area contributed by atoms with Gasteiger partial charge in [-0.05, 0) is 0 Å². The van der Waals surface area contributed by atoms with Gasteiger partial charge in [-0.25, -0.2) is 0 Å². The zero-order chi connectivity index (χ0) is 6.15. The first-order valence-electron chi connectivity index (χ1n) is 2.66. The molecular weight excluding hydrogens is 106 g/mol. The molecule has 2 atom stereocenters. The van der Waals surface area contributed by atoms with Crippen LogP contribution in [0.1, 0.15) is 13.3 Å². The van der Waals surface area contributed by atoms with Crippen LogP contribution in [0.15, 0.2) is 0 Å². The van der Waals surface area contributed by atoms with Crippen molar-refractivity contribution in [1.29, 1.82) is 0 Å². The van der Waals surface area contributed by atoms with Gasteiger partial charge in [0.2, 0.25) is 0 Å². The van der Waals surface area contributed by atoms with Crippen molar-refractivity contribution in [2.75, 3.05) is 0 Å². The number of cyclic esters (lactones) is 1. The molecule has 0 aromatic carbocycles. The lowest BCUT2D eigenvalue weighted by Gasteiger charge is -1.96. The molecular formula is C5H9NO2. The van der Waals surface area contributed by atoms with Crippen LogP contribution in [0.3, 0.4) is 0 Å². The predicted octanol–water partition coefficient (Wildman–Crippen LogP) is -0.146. The molecule has 0 saturated carbocycles. The maximum atomic E-state index is 10.5. The lowest BCUT2D eigenvalue weighted by molar-refractivity contribution is -0.143. The second-order valence-corrected chi connectivity index (χ2v) is 2.11. The van der Waals surface area contributed by atoms with Gasteiger partial charge in [-0.3, -0.25) is 10.5 Å². The van der Waals surface area contributed by atoms with Crippen LogP contribution in [-0.4, -0.2) is 12.2 Å². The minimum Gasteiger partial charge on any atom is -0.447 e. The predicted molar refractivity (Wildman–Crippen MR) is 27.8 cm³/mol. The molecule has 1 heterocycles. The van der Waals surface area contributed by atoms with Crippen molar-refractivity contribution in [2.24, 2.45) is 11.7 Å². The van der Waals surface area contributed by atoms with Crippen LogP contribution in [0.2, 0.25) is 0 Å². The van der Waals surface area contributed by atoms with Crippen LogP contribution < -0.4 is 5.73 Å². The first-order chi connectivity index (χ1) is 3.70. The van der Waals surface area contributed by atoms with Crippen molar-refractivity contribution in [3.05, 3.63) is 0 Å². The molecule has 2 N–H and O–H groups in total. The molecule has 1 aliphatic rings. The zero-order valence-electron chi connectivity index (χ0n) is 4.76. The molecule has 2 unspecified atom stereocenters. The highest BCUT2D eigenvalue weighted by Crippen LogP contribution is 2.15. The Hall–Kier alpha value is -0.570. The number of carbonyl (C=O) groups is 1. The maximum absolute atomic E-state index is 10.5. The minimum absolute atomic E-state index is 0.00463. The number of hydrogen-bond acceptors (Lipinski definition) is 3. The number of hydrogen-bond donors (Lipinski definition) is 1. The van der Waals surface area contributed by atoms with Crippen LogP contribution in [-0.2, 0) is 9.53 Å². The average molecular weight is 115 g/mol. The fraction of sp³-hybridized carbons (Fsp3) is 0.800. The average Bonchev–Trinajstić information content (AvgIpc) is 1.85. The van der Waals surface area contributed by atoms with Crippen molar-refractivity contribution in [1.82, 2.24) is 0 Å². The number of rotatable bonds is 0. The highest BCUT2D eigenvalue weighted by Gasteiger charge is 2.27. The summed E-state index contributed by atoms with van der Waals surface area (Å²) in [4.78, 5) is 10.5. The summed E-state index contributed by atoms with van der Waals surface area (Å²) in [6.07, 6.45) is 0.316. The topological polar surface area (TPSA) is 52.3 Å². The van der Waals surface area contributed by atoms with Gasteiger partial charge in [0.15, 0.2) is 6.23 Å². The van der Waals surface area contributed by atoms with Gasteiger partial charge < -0.3 is 4.74 Å². The van der Waals surface area contributed by atoms with Gasteiger partial charge in [-0.15, -0.1) is 0 Å².